The number of methoxy groups -OCH3 is 4. The topological polar surface area (TPSA) is 76.1 Å². The monoisotopic (exact) mass is 443 g/mol. The molecule has 0 spiro atoms. The maximum Gasteiger partial charge on any atom is 0.331 e. The van der Waals surface area contributed by atoms with Crippen LogP contribution >= 0.6 is 11.6 Å². The lowest BCUT2D eigenvalue weighted by molar-refractivity contribution is -0.138. The smallest absolute Gasteiger partial charge is 0.331 e. The predicted molar refractivity (Wildman–Crippen MR) is 118 cm³/mol. The van der Waals surface area contributed by atoms with Crippen molar-refractivity contribution in [1.82, 2.24) is 4.98 Å². The molecule has 0 saturated carbocycles. The molecule has 0 saturated heterocycles. The summed E-state index contributed by atoms with van der Waals surface area (Å²) in [6.45, 7) is -0.0138. The number of rotatable bonds is 8. The van der Waals surface area contributed by atoms with Crippen molar-refractivity contribution in [3.8, 4) is 23.0 Å². The van der Waals surface area contributed by atoms with Crippen molar-refractivity contribution in [1.29, 1.82) is 0 Å². The molecule has 0 amide bonds. The summed E-state index contributed by atoms with van der Waals surface area (Å²) in [6.07, 6.45) is 2.88. The van der Waals surface area contributed by atoms with E-state index in [2.05, 4.69) is 4.98 Å². The molecule has 1 heterocycles. The van der Waals surface area contributed by atoms with Crippen LogP contribution in [0.25, 0.3) is 17.0 Å². The SMILES string of the molecule is COc1ccc2cc(COC(=O)/C=C/c3cc(OC)c(OC)cc3OC)c(Cl)nc2c1. The number of carbonyl (C=O) groups excluding carboxylic acids is 1. The van der Waals surface area contributed by atoms with Gasteiger partial charge < -0.3 is 23.7 Å². The van der Waals surface area contributed by atoms with Gasteiger partial charge in [0.15, 0.2) is 11.5 Å². The molecule has 0 N–H and O–H groups in total. The minimum Gasteiger partial charge on any atom is -0.497 e. The minimum atomic E-state index is -0.539. The second-order valence-corrected chi connectivity index (χ2v) is 6.75. The van der Waals surface area contributed by atoms with Crippen molar-refractivity contribution in [3.05, 3.63) is 58.8 Å². The Morgan fingerprint density at radius 3 is 2.32 bits per heavy atom. The Balaban J connectivity index is 1.73. The highest BCUT2D eigenvalue weighted by molar-refractivity contribution is 6.30. The number of aromatic nitrogens is 1. The first-order valence-electron chi connectivity index (χ1n) is 9.27. The van der Waals surface area contributed by atoms with E-state index in [4.69, 9.17) is 35.3 Å². The van der Waals surface area contributed by atoms with E-state index in [1.165, 1.54) is 27.4 Å². The third-order valence-corrected chi connectivity index (χ3v) is 4.88. The van der Waals surface area contributed by atoms with Gasteiger partial charge in [-0.1, -0.05) is 11.6 Å². The summed E-state index contributed by atoms with van der Waals surface area (Å²) in [5, 5.41) is 1.13. The molecular formula is C23H22ClNO6. The molecule has 7 nitrogen and oxygen atoms in total. The largest absolute Gasteiger partial charge is 0.497 e. The predicted octanol–water partition coefficient (Wildman–Crippen LogP) is 4.68. The summed E-state index contributed by atoms with van der Waals surface area (Å²) in [7, 11) is 6.18. The van der Waals surface area contributed by atoms with E-state index in [1.807, 2.05) is 18.2 Å². The number of nitrogens with zero attached hydrogens (tertiary/aromatic N) is 1. The van der Waals surface area contributed by atoms with E-state index < -0.39 is 5.97 Å². The number of benzene rings is 2. The molecule has 0 unspecified atom stereocenters. The van der Waals surface area contributed by atoms with Crippen LogP contribution in [-0.2, 0) is 16.1 Å². The van der Waals surface area contributed by atoms with E-state index >= 15 is 0 Å². The molecular weight excluding hydrogens is 422 g/mol. The maximum atomic E-state index is 12.2. The molecule has 1 aromatic heterocycles. The van der Waals surface area contributed by atoms with Crippen LogP contribution in [0.4, 0.5) is 0 Å². The average molecular weight is 444 g/mol. The van der Waals surface area contributed by atoms with Crippen molar-refractivity contribution in [2.45, 2.75) is 6.61 Å². The number of hydrogen-bond donors (Lipinski definition) is 0. The van der Waals surface area contributed by atoms with Crippen molar-refractivity contribution >= 4 is 34.5 Å². The zero-order valence-electron chi connectivity index (χ0n) is 17.6. The minimum absolute atomic E-state index is 0.0138. The standard InChI is InChI=1S/C23H22ClNO6/c1-27-17-7-5-14-9-16(23(24)25-18(14)11-17)13-31-22(26)8-6-15-10-20(29-3)21(30-4)12-19(15)28-2/h5-12H,13H2,1-4H3/b8-6+. The van der Waals surface area contributed by atoms with Gasteiger partial charge in [-0.25, -0.2) is 9.78 Å². The van der Waals surface area contributed by atoms with E-state index in [-0.39, 0.29) is 11.8 Å². The highest BCUT2D eigenvalue weighted by atomic mass is 35.5. The Morgan fingerprint density at radius 2 is 1.65 bits per heavy atom. The molecule has 0 aliphatic carbocycles. The summed E-state index contributed by atoms with van der Waals surface area (Å²) >= 11 is 6.25. The highest BCUT2D eigenvalue weighted by Gasteiger charge is 2.11. The summed E-state index contributed by atoms with van der Waals surface area (Å²) in [4.78, 5) is 16.6. The quantitative estimate of drug-likeness (QED) is 0.284. The number of carbonyl (C=O) groups is 1. The van der Waals surface area contributed by atoms with Gasteiger partial charge in [0.2, 0.25) is 0 Å². The lowest BCUT2D eigenvalue weighted by Gasteiger charge is -2.12. The fourth-order valence-corrected chi connectivity index (χ4v) is 3.13. The van der Waals surface area contributed by atoms with Crippen LogP contribution in [-0.4, -0.2) is 39.4 Å². The van der Waals surface area contributed by atoms with Crippen LogP contribution in [0.5, 0.6) is 23.0 Å². The van der Waals surface area contributed by atoms with Crippen LogP contribution < -0.4 is 18.9 Å². The van der Waals surface area contributed by atoms with Crippen molar-refractivity contribution in [2.75, 3.05) is 28.4 Å². The second kappa shape index (κ2) is 10.0. The molecule has 162 valence electrons. The number of ether oxygens (including phenoxy) is 5. The molecule has 31 heavy (non-hydrogen) atoms. The molecule has 0 aliphatic rings. The zero-order chi connectivity index (χ0) is 22.4. The van der Waals surface area contributed by atoms with E-state index in [0.717, 1.165) is 5.39 Å². The molecule has 0 fully saturated rings. The van der Waals surface area contributed by atoms with Gasteiger partial charge >= 0.3 is 5.97 Å². The van der Waals surface area contributed by atoms with Gasteiger partial charge in [-0.05, 0) is 30.3 Å². The van der Waals surface area contributed by atoms with Crippen LogP contribution in [0.3, 0.4) is 0 Å². The summed E-state index contributed by atoms with van der Waals surface area (Å²) < 4.78 is 26.4. The van der Waals surface area contributed by atoms with Crippen LogP contribution in [0, 0.1) is 0 Å². The van der Waals surface area contributed by atoms with Gasteiger partial charge in [-0.2, -0.15) is 0 Å². The number of halogens is 1. The van der Waals surface area contributed by atoms with E-state index in [1.54, 1.807) is 31.4 Å². The van der Waals surface area contributed by atoms with Crippen LogP contribution in [0.2, 0.25) is 5.15 Å². The first-order chi connectivity index (χ1) is 15.0. The zero-order valence-corrected chi connectivity index (χ0v) is 18.4. The Hall–Kier alpha value is -3.45. The fourth-order valence-electron chi connectivity index (χ4n) is 2.93. The summed E-state index contributed by atoms with van der Waals surface area (Å²) in [6, 6.07) is 10.7. The van der Waals surface area contributed by atoms with Crippen molar-refractivity contribution < 1.29 is 28.5 Å². The number of hydrogen-bond acceptors (Lipinski definition) is 7. The average Bonchev–Trinajstić information content (AvgIpc) is 2.80. The van der Waals surface area contributed by atoms with Gasteiger partial charge in [0.1, 0.15) is 23.3 Å². The fraction of sp³-hybridized carbons (Fsp3) is 0.217. The molecule has 0 atom stereocenters. The van der Waals surface area contributed by atoms with Gasteiger partial charge in [0, 0.05) is 34.7 Å². The number of esters is 1. The van der Waals surface area contributed by atoms with Crippen LogP contribution in [0.1, 0.15) is 11.1 Å². The molecule has 0 radical (unpaired) electrons. The first-order valence-corrected chi connectivity index (χ1v) is 9.64. The number of fused-ring (bicyclic) bond motifs is 1. The van der Waals surface area contributed by atoms with Gasteiger partial charge in [-0.3, -0.25) is 0 Å². The Bertz CT molecular complexity index is 1130. The highest BCUT2D eigenvalue weighted by Crippen LogP contribution is 2.35. The lowest BCUT2D eigenvalue weighted by Crippen LogP contribution is -2.02. The summed E-state index contributed by atoms with van der Waals surface area (Å²) in [5.41, 5.74) is 1.93. The Labute approximate surface area is 185 Å². The lowest BCUT2D eigenvalue weighted by atomic mass is 10.1. The number of pyridine rings is 1. The molecule has 3 aromatic rings. The van der Waals surface area contributed by atoms with Crippen LogP contribution in [0.15, 0.2) is 42.5 Å². The van der Waals surface area contributed by atoms with Crippen molar-refractivity contribution in [3.63, 3.8) is 0 Å². The molecule has 0 bridgehead atoms. The third kappa shape index (κ3) is 5.19. The maximum absolute atomic E-state index is 12.2. The Morgan fingerprint density at radius 1 is 0.935 bits per heavy atom. The van der Waals surface area contributed by atoms with Gasteiger partial charge in [0.05, 0.1) is 34.0 Å². The molecule has 0 aliphatic heterocycles. The molecule has 8 heteroatoms. The van der Waals surface area contributed by atoms with E-state index in [9.17, 15) is 4.79 Å². The normalized spacial score (nSPS) is 10.9. The first kappa shape index (κ1) is 22.2. The van der Waals surface area contributed by atoms with E-state index in [0.29, 0.717) is 39.6 Å². The second-order valence-electron chi connectivity index (χ2n) is 6.39. The molecule has 2 aromatic carbocycles. The third-order valence-electron chi connectivity index (χ3n) is 4.56. The summed E-state index contributed by atoms with van der Waals surface area (Å²) in [5.74, 6) is 1.71. The van der Waals surface area contributed by atoms with Gasteiger partial charge in [-0.15, -0.1) is 0 Å². The van der Waals surface area contributed by atoms with Gasteiger partial charge in [0.25, 0.3) is 0 Å². The van der Waals surface area contributed by atoms with Crippen molar-refractivity contribution in [2.24, 2.45) is 0 Å². The molecule has 3 rings (SSSR count). The Kier molecular flexibility index (Phi) is 7.20.